The van der Waals surface area contributed by atoms with Gasteiger partial charge in [-0.1, -0.05) is 23.4 Å². The topological polar surface area (TPSA) is 75.9 Å². The Hall–Kier alpha value is -1.90. The Morgan fingerprint density at radius 3 is 2.54 bits per heavy atom. The average Bonchev–Trinajstić information content (AvgIpc) is 3.09. The van der Waals surface area contributed by atoms with Crippen LogP contribution in [0.5, 0.6) is 0 Å². The Kier molecular flexibility index (Phi) is 5.49. The van der Waals surface area contributed by atoms with Crippen molar-refractivity contribution in [1.29, 1.82) is 0 Å². The van der Waals surface area contributed by atoms with Gasteiger partial charge >= 0.3 is 0 Å². The summed E-state index contributed by atoms with van der Waals surface area (Å²) in [6.45, 7) is 4.09. The van der Waals surface area contributed by atoms with Gasteiger partial charge in [0.15, 0.2) is 0 Å². The standard InChI is InChI=1S/C16H21N3O4S/c20-24(21,14-15-6-11-23-17-15)19(16-4-2-1-3-5-16)8-7-18-9-12-22-13-10-18/h1-6,11H,7-10,12-14H2. The molecule has 1 saturated heterocycles. The molecule has 0 N–H and O–H groups in total. The van der Waals surface area contributed by atoms with E-state index in [1.807, 2.05) is 18.2 Å². The van der Waals surface area contributed by atoms with Crippen LogP contribution in [0.4, 0.5) is 5.69 Å². The quantitative estimate of drug-likeness (QED) is 0.749. The molecule has 0 unspecified atom stereocenters. The summed E-state index contributed by atoms with van der Waals surface area (Å²) in [5.74, 6) is -0.179. The first-order valence-corrected chi connectivity index (χ1v) is 9.51. The van der Waals surface area contributed by atoms with Gasteiger partial charge in [-0.05, 0) is 12.1 Å². The highest BCUT2D eigenvalue weighted by molar-refractivity contribution is 7.92. The molecule has 24 heavy (non-hydrogen) atoms. The second-order valence-electron chi connectivity index (χ2n) is 5.61. The summed E-state index contributed by atoms with van der Waals surface area (Å²) in [6.07, 6.45) is 1.38. The van der Waals surface area contributed by atoms with Crippen LogP contribution in [0, 0.1) is 0 Å². The number of aromatic nitrogens is 1. The Labute approximate surface area is 141 Å². The van der Waals surface area contributed by atoms with Gasteiger partial charge in [-0.15, -0.1) is 0 Å². The van der Waals surface area contributed by atoms with E-state index < -0.39 is 10.0 Å². The number of rotatable bonds is 7. The number of ether oxygens (including phenoxy) is 1. The molecule has 1 aromatic heterocycles. The van der Waals surface area contributed by atoms with Crippen LogP contribution in [0.1, 0.15) is 5.69 Å². The van der Waals surface area contributed by atoms with E-state index in [1.165, 1.54) is 10.6 Å². The molecular formula is C16H21N3O4S. The van der Waals surface area contributed by atoms with E-state index in [9.17, 15) is 8.42 Å². The smallest absolute Gasteiger partial charge is 0.241 e. The third-order valence-corrected chi connectivity index (χ3v) is 5.65. The normalized spacial score (nSPS) is 16.2. The number of benzene rings is 1. The zero-order valence-corrected chi connectivity index (χ0v) is 14.2. The molecule has 7 nitrogen and oxygen atoms in total. The number of hydrogen-bond donors (Lipinski definition) is 0. The van der Waals surface area contributed by atoms with Gasteiger partial charge in [-0.2, -0.15) is 0 Å². The number of hydrogen-bond acceptors (Lipinski definition) is 6. The Morgan fingerprint density at radius 2 is 1.88 bits per heavy atom. The van der Waals surface area contributed by atoms with Crippen molar-refractivity contribution in [3.63, 3.8) is 0 Å². The number of nitrogens with zero attached hydrogens (tertiary/aromatic N) is 3. The van der Waals surface area contributed by atoms with Gasteiger partial charge in [0.25, 0.3) is 0 Å². The van der Waals surface area contributed by atoms with E-state index in [4.69, 9.17) is 9.26 Å². The molecule has 0 atom stereocenters. The molecule has 0 aliphatic carbocycles. The summed E-state index contributed by atoms with van der Waals surface area (Å²) in [5, 5.41) is 3.72. The molecule has 0 spiro atoms. The predicted octanol–water partition coefficient (Wildman–Crippen LogP) is 1.34. The highest BCUT2D eigenvalue weighted by Gasteiger charge is 2.25. The first kappa shape index (κ1) is 16.9. The summed E-state index contributed by atoms with van der Waals surface area (Å²) >= 11 is 0. The molecule has 0 bridgehead atoms. The molecule has 130 valence electrons. The van der Waals surface area contributed by atoms with Crippen molar-refractivity contribution in [1.82, 2.24) is 10.1 Å². The molecule has 0 saturated carbocycles. The molecule has 1 fully saturated rings. The Bertz CT molecular complexity index is 713. The minimum atomic E-state index is -3.55. The maximum Gasteiger partial charge on any atom is 0.241 e. The fourth-order valence-corrected chi connectivity index (χ4v) is 4.14. The minimum absolute atomic E-state index is 0.179. The van der Waals surface area contributed by atoms with Gasteiger partial charge in [-0.3, -0.25) is 9.21 Å². The highest BCUT2D eigenvalue weighted by Crippen LogP contribution is 2.20. The van der Waals surface area contributed by atoms with Gasteiger partial charge in [0.05, 0.1) is 18.9 Å². The van der Waals surface area contributed by atoms with E-state index in [0.717, 1.165) is 13.1 Å². The molecule has 0 amide bonds. The van der Waals surface area contributed by atoms with Crippen LogP contribution < -0.4 is 4.31 Å². The second-order valence-corrected chi connectivity index (χ2v) is 7.50. The summed E-state index contributed by atoms with van der Waals surface area (Å²) in [6, 6.07) is 10.7. The lowest BCUT2D eigenvalue weighted by molar-refractivity contribution is 0.0395. The largest absolute Gasteiger partial charge is 0.379 e. The molecule has 3 rings (SSSR count). The minimum Gasteiger partial charge on any atom is -0.379 e. The summed E-state index contributed by atoms with van der Waals surface area (Å²) in [7, 11) is -3.55. The van der Waals surface area contributed by atoms with E-state index in [2.05, 4.69) is 10.1 Å². The zero-order chi connectivity index (χ0) is 16.8. The first-order chi connectivity index (χ1) is 11.6. The summed E-state index contributed by atoms with van der Waals surface area (Å²) < 4.78 is 37.3. The Morgan fingerprint density at radius 1 is 1.12 bits per heavy atom. The summed E-state index contributed by atoms with van der Waals surface area (Å²) in [4.78, 5) is 2.21. The van der Waals surface area contributed by atoms with Crippen molar-refractivity contribution < 1.29 is 17.7 Å². The van der Waals surface area contributed by atoms with E-state index in [0.29, 0.717) is 37.7 Å². The van der Waals surface area contributed by atoms with Crippen LogP contribution in [-0.4, -0.2) is 57.9 Å². The lowest BCUT2D eigenvalue weighted by Gasteiger charge is -2.30. The first-order valence-electron chi connectivity index (χ1n) is 7.90. The second kappa shape index (κ2) is 7.78. The molecule has 0 radical (unpaired) electrons. The van der Waals surface area contributed by atoms with Crippen molar-refractivity contribution in [3.05, 3.63) is 48.4 Å². The van der Waals surface area contributed by atoms with Gasteiger partial charge in [0.1, 0.15) is 17.7 Å². The van der Waals surface area contributed by atoms with Crippen LogP contribution in [0.25, 0.3) is 0 Å². The average molecular weight is 351 g/mol. The molecule has 2 heterocycles. The van der Waals surface area contributed by atoms with Gasteiger partial charge < -0.3 is 9.26 Å². The highest BCUT2D eigenvalue weighted by atomic mass is 32.2. The molecule has 2 aromatic rings. The SMILES string of the molecule is O=S(=O)(Cc1ccon1)N(CCN1CCOCC1)c1ccccc1. The third kappa shape index (κ3) is 4.34. The van der Waals surface area contributed by atoms with Gasteiger partial charge in [0, 0.05) is 32.2 Å². The predicted molar refractivity (Wildman–Crippen MR) is 90.2 cm³/mol. The van der Waals surface area contributed by atoms with E-state index >= 15 is 0 Å². The van der Waals surface area contributed by atoms with Gasteiger partial charge in [0.2, 0.25) is 10.0 Å². The Balaban J connectivity index is 1.76. The van der Waals surface area contributed by atoms with E-state index in [1.54, 1.807) is 18.2 Å². The van der Waals surface area contributed by atoms with Crippen molar-refractivity contribution in [2.24, 2.45) is 0 Å². The number of morpholine rings is 1. The summed E-state index contributed by atoms with van der Waals surface area (Å²) in [5.41, 5.74) is 1.07. The maximum atomic E-state index is 12.9. The molecule has 1 aliphatic heterocycles. The lowest BCUT2D eigenvalue weighted by atomic mass is 10.3. The molecular weight excluding hydrogens is 330 g/mol. The fraction of sp³-hybridized carbons (Fsp3) is 0.438. The molecule has 1 aliphatic rings. The van der Waals surface area contributed by atoms with Crippen LogP contribution in [0.2, 0.25) is 0 Å². The van der Waals surface area contributed by atoms with Crippen molar-refractivity contribution in [3.8, 4) is 0 Å². The molecule has 1 aromatic carbocycles. The maximum absolute atomic E-state index is 12.9. The lowest BCUT2D eigenvalue weighted by Crippen LogP contribution is -2.43. The number of sulfonamides is 1. The van der Waals surface area contributed by atoms with Crippen LogP contribution >= 0.6 is 0 Å². The van der Waals surface area contributed by atoms with Gasteiger partial charge in [-0.25, -0.2) is 8.42 Å². The van der Waals surface area contributed by atoms with E-state index in [-0.39, 0.29) is 5.75 Å². The van der Waals surface area contributed by atoms with Crippen molar-refractivity contribution in [2.45, 2.75) is 5.75 Å². The van der Waals surface area contributed by atoms with Crippen LogP contribution in [0.3, 0.4) is 0 Å². The van der Waals surface area contributed by atoms with Crippen LogP contribution in [-0.2, 0) is 20.5 Å². The third-order valence-electron chi connectivity index (χ3n) is 3.92. The van der Waals surface area contributed by atoms with Crippen molar-refractivity contribution >= 4 is 15.7 Å². The monoisotopic (exact) mass is 351 g/mol. The molecule has 8 heteroatoms. The zero-order valence-electron chi connectivity index (χ0n) is 13.4. The number of para-hydroxylation sites is 1. The van der Waals surface area contributed by atoms with Crippen LogP contribution in [0.15, 0.2) is 47.2 Å². The fourth-order valence-electron chi connectivity index (χ4n) is 2.66. The van der Waals surface area contributed by atoms with Crippen molar-refractivity contribution in [2.75, 3.05) is 43.7 Å². The number of anilines is 1.